The zero-order valence-electron chi connectivity index (χ0n) is 11.1. The molecule has 0 radical (unpaired) electrons. The first-order chi connectivity index (χ1) is 8.85. The topological polar surface area (TPSA) is 71.5 Å². The third kappa shape index (κ3) is 3.34. The van der Waals surface area contributed by atoms with E-state index in [0.717, 1.165) is 5.39 Å². The van der Waals surface area contributed by atoms with Crippen LogP contribution in [0.2, 0.25) is 0 Å². The van der Waals surface area contributed by atoms with Gasteiger partial charge in [0, 0.05) is 11.6 Å². The lowest BCUT2D eigenvalue weighted by molar-refractivity contribution is 0.0635. The number of nitrogens with one attached hydrogen (secondary N) is 1. The Morgan fingerprint density at radius 2 is 2.05 bits per heavy atom. The van der Waals surface area contributed by atoms with E-state index in [-0.39, 0.29) is 5.75 Å². The lowest BCUT2D eigenvalue weighted by Gasteiger charge is -2.19. The highest BCUT2D eigenvalue weighted by Gasteiger charge is 2.17. The highest BCUT2D eigenvalue weighted by atomic mass is 16.6. The average molecular weight is 260 g/mol. The molecule has 5 nitrogen and oxygen atoms in total. The zero-order valence-corrected chi connectivity index (χ0v) is 11.1. The number of rotatable bonds is 1. The fourth-order valence-corrected chi connectivity index (χ4v) is 1.66. The number of aromatic nitrogens is 1. The monoisotopic (exact) mass is 260 g/mol. The molecule has 2 N–H and O–H groups in total. The molecule has 100 valence electrons. The van der Waals surface area contributed by atoms with Crippen LogP contribution in [-0.2, 0) is 4.74 Å². The van der Waals surface area contributed by atoms with Crippen molar-refractivity contribution in [3.63, 3.8) is 0 Å². The quantitative estimate of drug-likeness (QED) is 0.825. The molecule has 5 heteroatoms. The van der Waals surface area contributed by atoms with Gasteiger partial charge in [-0.3, -0.25) is 5.32 Å². The number of fused-ring (bicyclic) bond motifs is 1. The summed E-state index contributed by atoms with van der Waals surface area (Å²) in [5.41, 5.74) is -0.573. The summed E-state index contributed by atoms with van der Waals surface area (Å²) in [7, 11) is 0. The van der Waals surface area contributed by atoms with Crippen molar-refractivity contribution < 1.29 is 14.6 Å². The minimum Gasteiger partial charge on any atom is -0.508 e. The summed E-state index contributed by atoms with van der Waals surface area (Å²) in [6.07, 6.45) is 1.02. The van der Waals surface area contributed by atoms with E-state index in [2.05, 4.69) is 10.3 Å². The van der Waals surface area contributed by atoms with Crippen molar-refractivity contribution in [3.8, 4) is 5.75 Å². The molecular formula is C14H16N2O3. The van der Waals surface area contributed by atoms with Crippen LogP contribution >= 0.6 is 0 Å². The smallest absolute Gasteiger partial charge is 0.413 e. The molecule has 0 unspecified atom stereocenters. The van der Waals surface area contributed by atoms with Gasteiger partial charge in [-0.2, -0.15) is 0 Å². The van der Waals surface area contributed by atoms with Crippen LogP contribution in [0.1, 0.15) is 20.8 Å². The van der Waals surface area contributed by atoms with Crippen LogP contribution in [0.3, 0.4) is 0 Å². The van der Waals surface area contributed by atoms with Gasteiger partial charge in [-0.25, -0.2) is 9.78 Å². The van der Waals surface area contributed by atoms with Crippen molar-refractivity contribution in [1.82, 2.24) is 4.98 Å². The van der Waals surface area contributed by atoms with E-state index in [1.54, 1.807) is 51.2 Å². The maximum Gasteiger partial charge on any atom is 0.413 e. The number of carbonyl (C=O) groups excluding carboxylic acids is 1. The molecule has 0 bridgehead atoms. The Morgan fingerprint density at radius 3 is 2.74 bits per heavy atom. The summed E-state index contributed by atoms with van der Waals surface area (Å²) in [5, 5.41) is 13.6. The predicted octanol–water partition coefficient (Wildman–Crippen LogP) is 3.29. The Bertz CT molecular complexity index is 618. The number of phenolic OH excluding ortho intramolecular Hbond substituents is 1. The largest absolute Gasteiger partial charge is 0.508 e. The molecule has 1 heterocycles. The van der Waals surface area contributed by atoms with E-state index < -0.39 is 11.7 Å². The summed E-state index contributed by atoms with van der Waals surface area (Å²) < 4.78 is 5.17. The molecule has 19 heavy (non-hydrogen) atoms. The van der Waals surface area contributed by atoms with Crippen molar-refractivity contribution in [1.29, 1.82) is 0 Å². The normalized spacial score (nSPS) is 11.3. The molecular weight excluding hydrogens is 244 g/mol. The molecule has 1 aromatic carbocycles. The van der Waals surface area contributed by atoms with Crippen molar-refractivity contribution in [2.24, 2.45) is 0 Å². The number of carbonyl (C=O) groups is 1. The molecule has 0 atom stereocenters. The number of ether oxygens (including phenoxy) is 1. The van der Waals surface area contributed by atoms with Gasteiger partial charge < -0.3 is 9.84 Å². The molecule has 0 spiro atoms. The highest BCUT2D eigenvalue weighted by Crippen LogP contribution is 2.25. The van der Waals surface area contributed by atoms with Gasteiger partial charge in [0.05, 0.1) is 0 Å². The second kappa shape index (κ2) is 4.76. The number of aromatic hydroxyl groups is 1. The minimum atomic E-state index is -0.573. The van der Waals surface area contributed by atoms with Crippen molar-refractivity contribution in [2.75, 3.05) is 5.32 Å². The Kier molecular flexibility index (Phi) is 3.29. The van der Waals surface area contributed by atoms with Gasteiger partial charge in [-0.15, -0.1) is 0 Å². The number of phenols is 1. The number of anilines is 1. The van der Waals surface area contributed by atoms with Gasteiger partial charge in [0.2, 0.25) is 0 Å². The molecule has 0 aliphatic carbocycles. The fraction of sp³-hybridized carbons (Fsp3) is 0.286. The van der Waals surface area contributed by atoms with Crippen LogP contribution in [0.25, 0.3) is 10.8 Å². The van der Waals surface area contributed by atoms with Gasteiger partial charge in [-0.1, -0.05) is 6.07 Å². The highest BCUT2D eigenvalue weighted by molar-refractivity contribution is 5.98. The predicted molar refractivity (Wildman–Crippen MR) is 73.3 cm³/mol. The van der Waals surface area contributed by atoms with Crippen molar-refractivity contribution >= 4 is 22.7 Å². The summed E-state index contributed by atoms with van der Waals surface area (Å²) in [6.45, 7) is 5.36. The Hall–Kier alpha value is -2.30. The van der Waals surface area contributed by atoms with Crippen LogP contribution in [0.4, 0.5) is 10.6 Å². The molecule has 2 aromatic rings. The molecule has 0 aliphatic heterocycles. The molecule has 2 rings (SSSR count). The second-order valence-electron chi connectivity index (χ2n) is 5.19. The van der Waals surface area contributed by atoms with E-state index in [1.807, 2.05) is 0 Å². The number of nitrogens with zero attached hydrogens (tertiary/aromatic N) is 1. The molecule has 1 aromatic heterocycles. The Balaban J connectivity index is 2.30. The maximum atomic E-state index is 11.7. The molecule has 0 saturated carbocycles. The first-order valence-electron chi connectivity index (χ1n) is 5.93. The summed E-state index contributed by atoms with van der Waals surface area (Å²) in [6, 6.07) is 6.69. The van der Waals surface area contributed by atoms with Gasteiger partial charge in [0.25, 0.3) is 0 Å². The van der Waals surface area contributed by atoms with E-state index in [0.29, 0.717) is 11.2 Å². The maximum absolute atomic E-state index is 11.7. The van der Waals surface area contributed by atoms with Crippen LogP contribution < -0.4 is 5.32 Å². The van der Waals surface area contributed by atoms with Crippen LogP contribution in [0, 0.1) is 0 Å². The van der Waals surface area contributed by atoms with Gasteiger partial charge in [0.1, 0.15) is 17.2 Å². The van der Waals surface area contributed by atoms with E-state index >= 15 is 0 Å². The Labute approximate surface area is 111 Å². The number of hydrogen-bond acceptors (Lipinski definition) is 4. The fourth-order valence-electron chi connectivity index (χ4n) is 1.66. The second-order valence-corrected chi connectivity index (χ2v) is 5.19. The standard InChI is InChI=1S/C14H16N2O3/c1-14(2,3)19-13(18)16-12-11-8-10(17)5-4-9(11)6-7-15-12/h4-8,17H,1-3H3,(H,15,16,18). The van der Waals surface area contributed by atoms with E-state index in [1.165, 1.54) is 0 Å². The van der Waals surface area contributed by atoms with Crippen molar-refractivity contribution in [3.05, 3.63) is 30.5 Å². The summed E-state index contributed by atoms with van der Waals surface area (Å²) in [4.78, 5) is 15.8. The van der Waals surface area contributed by atoms with Crippen LogP contribution in [-0.4, -0.2) is 21.8 Å². The Morgan fingerprint density at radius 1 is 1.32 bits per heavy atom. The van der Waals surface area contributed by atoms with Gasteiger partial charge in [0.15, 0.2) is 0 Å². The summed E-state index contributed by atoms with van der Waals surface area (Å²) in [5.74, 6) is 0.482. The SMILES string of the molecule is CC(C)(C)OC(=O)Nc1nccc2ccc(O)cc12. The average Bonchev–Trinajstić information content (AvgIpc) is 2.27. The lowest BCUT2D eigenvalue weighted by atomic mass is 10.1. The summed E-state index contributed by atoms with van der Waals surface area (Å²) >= 11 is 0. The zero-order chi connectivity index (χ0) is 14.0. The number of hydrogen-bond donors (Lipinski definition) is 2. The molecule has 0 aliphatic rings. The third-order valence-corrected chi connectivity index (χ3v) is 2.37. The van der Waals surface area contributed by atoms with Crippen LogP contribution in [0.5, 0.6) is 5.75 Å². The van der Waals surface area contributed by atoms with E-state index in [9.17, 15) is 9.90 Å². The van der Waals surface area contributed by atoms with E-state index in [4.69, 9.17) is 4.74 Å². The first kappa shape index (κ1) is 13.1. The van der Waals surface area contributed by atoms with Crippen LogP contribution in [0.15, 0.2) is 30.5 Å². The lowest BCUT2D eigenvalue weighted by Crippen LogP contribution is -2.27. The number of benzene rings is 1. The van der Waals surface area contributed by atoms with Crippen molar-refractivity contribution in [2.45, 2.75) is 26.4 Å². The number of pyridine rings is 1. The minimum absolute atomic E-state index is 0.118. The molecule has 1 amide bonds. The first-order valence-corrected chi connectivity index (χ1v) is 5.93. The molecule has 0 fully saturated rings. The van der Waals surface area contributed by atoms with Gasteiger partial charge in [-0.05, 0) is 44.4 Å². The number of amides is 1. The van der Waals surface area contributed by atoms with Gasteiger partial charge >= 0.3 is 6.09 Å². The molecule has 0 saturated heterocycles. The third-order valence-electron chi connectivity index (χ3n) is 2.37.